The minimum Gasteiger partial charge on any atom is -0.392 e. The molecule has 2 N–H and O–H groups in total. The summed E-state index contributed by atoms with van der Waals surface area (Å²) in [5, 5.41) is 12.2. The highest BCUT2D eigenvalue weighted by molar-refractivity contribution is 7.23. The Labute approximate surface area is 186 Å². The third-order valence-electron chi connectivity index (χ3n) is 5.62. The van der Waals surface area contributed by atoms with Crippen molar-refractivity contribution in [1.29, 1.82) is 0 Å². The molecule has 0 spiro atoms. The highest BCUT2D eigenvalue weighted by atomic mass is 32.1. The molecule has 0 atom stereocenters. The molecule has 4 rings (SSSR count). The van der Waals surface area contributed by atoms with Gasteiger partial charge in [0.05, 0.1) is 22.5 Å². The molecule has 4 aromatic rings. The molecule has 1 amide bonds. The number of imidazole rings is 1. The van der Waals surface area contributed by atoms with Gasteiger partial charge in [0.25, 0.3) is 5.91 Å². The second kappa shape index (κ2) is 9.60. The molecule has 0 aliphatic heterocycles. The van der Waals surface area contributed by atoms with Gasteiger partial charge in [-0.15, -0.1) is 0 Å². The Kier molecular flexibility index (Phi) is 6.65. The van der Waals surface area contributed by atoms with Gasteiger partial charge >= 0.3 is 0 Å². The number of aliphatic hydroxyl groups excluding tert-OH is 1. The first-order chi connectivity index (χ1) is 15.1. The number of nitrogens with zero attached hydrogens (tertiary/aromatic N) is 3. The molecule has 0 saturated carbocycles. The van der Waals surface area contributed by atoms with Gasteiger partial charge in [0.15, 0.2) is 4.96 Å². The van der Waals surface area contributed by atoms with Crippen LogP contribution in [0, 0.1) is 0 Å². The van der Waals surface area contributed by atoms with Crippen molar-refractivity contribution >= 4 is 32.4 Å². The molecule has 31 heavy (non-hydrogen) atoms. The SMILES string of the molecule is CCN(CC)CCCNC(=O)c1ccc2c(c1)sc1nc(-c3ccc(CO)cc3)cn12. The van der Waals surface area contributed by atoms with Crippen molar-refractivity contribution in [2.75, 3.05) is 26.2 Å². The fourth-order valence-electron chi connectivity index (χ4n) is 3.71. The maximum atomic E-state index is 12.6. The number of aliphatic hydroxyl groups is 1. The summed E-state index contributed by atoms with van der Waals surface area (Å²) in [7, 11) is 0. The fourth-order valence-corrected chi connectivity index (χ4v) is 4.76. The number of benzene rings is 2. The summed E-state index contributed by atoms with van der Waals surface area (Å²) < 4.78 is 3.11. The number of hydrogen-bond acceptors (Lipinski definition) is 5. The summed E-state index contributed by atoms with van der Waals surface area (Å²) in [4.78, 5) is 20.6. The number of hydrogen-bond donors (Lipinski definition) is 2. The number of nitrogens with one attached hydrogen (secondary N) is 1. The number of amides is 1. The Morgan fingerprint density at radius 1 is 1.16 bits per heavy atom. The number of thiazole rings is 1. The minimum absolute atomic E-state index is 0.0304. The Morgan fingerprint density at radius 3 is 2.65 bits per heavy atom. The molecule has 7 heteroatoms. The molecule has 0 fully saturated rings. The van der Waals surface area contributed by atoms with Crippen LogP contribution < -0.4 is 5.32 Å². The van der Waals surface area contributed by atoms with Crippen molar-refractivity contribution in [3.8, 4) is 11.3 Å². The van der Waals surface area contributed by atoms with E-state index in [0.717, 1.165) is 58.1 Å². The minimum atomic E-state index is -0.0304. The lowest BCUT2D eigenvalue weighted by Gasteiger charge is -2.17. The van der Waals surface area contributed by atoms with Crippen LogP contribution in [0.15, 0.2) is 48.7 Å². The van der Waals surface area contributed by atoms with Crippen LogP contribution in [0.3, 0.4) is 0 Å². The summed E-state index contributed by atoms with van der Waals surface area (Å²) in [6, 6.07) is 13.6. The van der Waals surface area contributed by atoms with Gasteiger partial charge in [-0.2, -0.15) is 0 Å². The van der Waals surface area contributed by atoms with Crippen LogP contribution in [0.4, 0.5) is 0 Å². The van der Waals surface area contributed by atoms with Crippen molar-refractivity contribution in [2.24, 2.45) is 0 Å². The van der Waals surface area contributed by atoms with E-state index < -0.39 is 0 Å². The van der Waals surface area contributed by atoms with E-state index in [2.05, 4.69) is 28.5 Å². The van der Waals surface area contributed by atoms with Gasteiger partial charge < -0.3 is 15.3 Å². The number of rotatable bonds is 9. The largest absolute Gasteiger partial charge is 0.392 e. The highest BCUT2D eigenvalue weighted by Crippen LogP contribution is 2.30. The van der Waals surface area contributed by atoms with Gasteiger partial charge in [-0.25, -0.2) is 4.98 Å². The van der Waals surface area contributed by atoms with Crippen LogP contribution >= 0.6 is 11.3 Å². The van der Waals surface area contributed by atoms with E-state index in [1.54, 1.807) is 11.3 Å². The number of fused-ring (bicyclic) bond motifs is 3. The summed E-state index contributed by atoms with van der Waals surface area (Å²) in [5.74, 6) is -0.0304. The van der Waals surface area contributed by atoms with Crippen LogP contribution in [-0.4, -0.2) is 51.5 Å². The first-order valence-electron chi connectivity index (χ1n) is 10.7. The van der Waals surface area contributed by atoms with E-state index in [0.29, 0.717) is 12.1 Å². The van der Waals surface area contributed by atoms with Crippen LogP contribution in [0.2, 0.25) is 0 Å². The molecular formula is C24H28N4O2S. The molecule has 2 aromatic carbocycles. The quantitative estimate of drug-likeness (QED) is 0.387. The first-order valence-corrected chi connectivity index (χ1v) is 11.6. The third kappa shape index (κ3) is 4.63. The van der Waals surface area contributed by atoms with Crippen molar-refractivity contribution in [1.82, 2.24) is 19.6 Å². The van der Waals surface area contributed by atoms with Crippen molar-refractivity contribution in [3.05, 3.63) is 59.8 Å². The molecule has 0 aliphatic carbocycles. The smallest absolute Gasteiger partial charge is 0.251 e. The molecular weight excluding hydrogens is 408 g/mol. The van der Waals surface area contributed by atoms with E-state index in [4.69, 9.17) is 4.98 Å². The maximum Gasteiger partial charge on any atom is 0.251 e. The first kappa shape index (κ1) is 21.5. The van der Waals surface area contributed by atoms with E-state index >= 15 is 0 Å². The lowest BCUT2D eigenvalue weighted by atomic mass is 10.1. The van der Waals surface area contributed by atoms with Gasteiger partial charge in [0.1, 0.15) is 0 Å². The Balaban J connectivity index is 1.47. The van der Waals surface area contributed by atoms with E-state index in [1.807, 2.05) is 48.7 Å². The normalized spacial score (nSPS) is 11.6. The van der Waals surface area contributed by atoms with E-state index in [1.165, 1.54) is 0 Å². The summed E-state index contributed by atoms with van der Waals surface area (Å²) in [5.41, 5.74) is 4.52. The second-order valence-electron chi connectivity index (χ2n) is 7.55. The molecule has 0 unspecified atom stereocenters. The van der Waals surface area contributed by atoms with Gasteiger partial charge in [-0.3, -0.25) is 9.20 Å². The standard InChI is InChI=1S/C24H28N4O2S/c1-3-27(4-2)13-5-12-25-23(30)19-10-11-21-22(14-19)31-24-26-20(15-28(21)24)18-8-6-17(16-29)7-9-18/h6-11,14-15,29H,3-5,12-13,16H2,1-2H3,(H,25,30). The zero-order valence-corrected chi connectivity index (χ0v) is 18.8. The summed E-state index contributed by atoms with van der Waals surface area (Å²) >= 11 is 1.58. The zero-order chi connectivity index (χ0) is 21.8. The zero-order valence-electron chi connectivity index (χ0n) is 18.0. The summed E-state index contributed by atoms with van der Waals surface area (Å²) in [6.45, 7) is 8.11. The molecule has 0 radical (unpaired) electrons. The third-order valence-corrected chi connectivity index (χ3v) is 6.64. The molecule has 2 aromatic heterocycles. The molecule has 0 saturated heterocycles. The molecule has 0 aliphatic rings. The number of carbonyl (C=O) groups is 1. The molecule has 0 bridgehead atoms. The predicted octanol–water partition coefficient (Wildman–Crippen LogP) is 4.17. The lowest BCUT2D eigenvalue weighted by Crippen LogP contribution is -2.29. The number of carbonyl (C=O) groups excluding carboxylic acids is 1. The van der Waals surface area contributed by atoms with Gasteiger partial charge in [0, 0.05) is 23.9 Å². The van der Waals surface area contributed by atoms with Crippen LogP contribution in [0.25, 0.3) is 26.4 Å². The van der Waals surface area contributed by atoms with Gasteiger partial charge in [0.2, 0.25) is 0 Å². The monoisotopic (exact) mass is 436 g/mol. The Hall–Kier alpha value is -2.74. The summed E-state index contributed by atoms with van der Waals surface area (Å²) in [6.07, 6.45) is 2.97. The van der Waals surface area contributed by atoms with Gasteiger partial charge in [-0.05, 0) is 49.8 Å². The lowest BCUT2D eigenvalue weighted by molar-refractivity contribution is 0.0952. The van der Waals surface area contributed by atoms with Crippen molar-refractivity contribution in [3.63, 3.8) is 0 Å². The maximum absolute atomic E-state index is 12.6. The molecule has 6 nitrogen and oxygen atoms in total. The predicted molar refractivity (Wildman–Crippen MR) is 127 cm³/mol. The average molecular weight is 437 g/mol. The topological polar surface area (TPSA) is 69.9 Å². The van der Waals surface area contributed by atoms with E-state index in [9.17, 15) is 9.90 Å². The van der Waals surface area contributed by atoms with Crippen LogP contribution in [-0.2, 0) is 6.61 Å². The Bertz CT molecular complexity index is 1180. The molecule has 2 heterocycles. The number of aromatic nitrogens is 2. The average Bonchev–Trinajstić information content (AvgIpc) is 3.36. The van der Waals surface area contributed by atoms with Crippen LogP contribution in [0.1, 0.15) is 36.2 Å². The van der Waals surface area contributed by atoms with E-state index in [-0.39, 0.29) is 12.5 Å². The second-order valence-corrected chi connectivity index (χ2v) is 8.56. The highest BCUT2D eigenvalue weighted by Gasteiger charge is 2.13. The van der Waals surface area contributed by atoms with Gasteiger partial charge in [-0.1, -0.05) is 49.4 Å². The fraction of sp³-hybridized carbons (Fsp3) is 0.333. The van der Waals surface area contributed by atoms with Crippen molar-refractivity contribution < 1.29 is 9.90 Å². The molecule has 162 valence electrons. The Morgan fingerprint density at radius 2 is 1.94 bits per heavy atom. The van der Waals surface area contributed by atoms with Crippen LogP contribution in [0.5, 0.6) is 0 Å². The van der Waals surface area contributed by atoms with Crippen molar-refractivity contribution in [2.45, 2.75) is 26.9 Å².